The quantitative estimate of drug-likeness (QED) is 0.873. The molecule has 1 aliphatic carbocycles. The number of rotatable bonds is 5. The standard InChI is InChI=1S/C13H14BrNO3/c14-10-4-2-1-3-9(10)7-11(13(17)18)15-12(16)8-5-6-8/h1-4,8,11H,5-7H2,(H,15,16)(H,17,18). The van der Waals surface area contributed by atoms with E-state index in [0.29, 0.717) is 0 Å². The number of carboxylic acid groups (broad SMARTS) is 1. The topological polar surface area (TPSA) is 66.4 Å². The minimum atomic E-state index is -1.00. The number of hydrogen-bond acceptors (Lipinski definition) is 2. The van der Waals surface area contributed by atoms with Crippen LogP contribution in [0, 0.1) is 5.92 Å². The molecule has 2 rings (SSSR count). The Labute approximate surface area is 114 Å². The van der Waals surface area contributed by atoms with Crippen LogP contribution in [0.3, 0.4) is 0 Å². The van der Waals surface area contributed by atoms with Gasteiger partial charge >= 0.3 is 5.97 Å². The Kier molecular flexibility index (Phi) is 4.01. The smallest absolute Gasteiger partial charge is 0.326 e. The summed E-state index contributed by atoms with van der Waals surface area (Å²) in [6.45, 7) is 0. The van der Waals surface area contributed by atoms with Gasteiger partial charge in [0.15, 0.2) is 0 Å². The van der Waals surface area contributed by atoms with Crippen molar-refractivity contribution in [2.24, 2.45) is 5.92 Å². The summed E-state index contributed by atoms with van der Waals surface area (Å²) in [4.78, 5) is 22.8. The first-order valence-corrected chi connectivity index (χ1v) is 6.64. The van der Waals surface area contributed by atoms with Crippen molar-refractivity contribution in [2.45, 2.75) is 25.3 Å². The molecule has 5 heteroatoms. The molecular formula is C13H14BrNO3. The Morgan fingerprint density at radius 1 is 1.39 bits per heavy atom. The second-order valence-electron chi connectivity index (χ2n) is 4.47. The molecule has 0 aromatic heterocycles. The van der Waals surface area contributed by atoms with Gasteiger partial charge < -0.3 is 10.4 Å². The normalized spacial score (nSPS) is 16.1. The lowest BCUT2D eigenvalue weighted by atomic mass is 10.1. The molecule has 0 saturated heterocycles. The highest BCUT2D eigenvalue weighted by atomic mass is 79.9. The summed E-state index contributed by atoms with van der Waals surface area (Å²) in [6, 6.07) is 6.56. The van der Waals surface area contributed by atoms with Crippen molar-refractivity contribution in [1.29, 1.82) is 0 Å². The molecule has 4 nitrogen and oxygen atoms in total. The van der Waals surface area contributed by atoms with Gasteiger partial charge in [-0.15, -0.1) is 0 Å². The molecule has 0 bridgehead atoms. The first kappa shape index (κ1) is 13.1. The minimum Gasteiger partial charge on any atom is -0.480 e. The lowest BCUT2D eigenvalue weighted by Gasteiger charge is -2.15. The number of carbonyl (C=O) groups is 2. The van der Waals surface area contributed by atoms with Crippen LogP contribution in [0.25, 0.3) is 0 Å². The van der Waals surface area contributed by atoms with E-state index in [2.05, 4.69) is 21.2 Å². The van der Waals surface area contributed by atoms with Gasteiger partial charge in [-0.1, -0.05) is 34.1 Å². The third-order valence-electron chi connectivity index (χ3n) is 2.94. The Balaban J connectivity index is 2.04. The first-order chi connectivity index (χ1) is 8.58. The summed E-state index contributed by atoms with van der Waals surface area (Å²) < 4.78 is 0.858. The van der Waals surface area contributed by atoms with Crippen LogP contribution in [0.2, 0.25) is 0 Å². The molecule has 0 spiro atoms. The fourth-order valence-electron chi connectivity index (χ4n) is 1.72. The molecule has 1 amide bonds. The van der Waals surface area contributed by atoms with Crippen LogP contribution in [-0.2, 0) is 16.0 Å². The van der Waals surface area contributed by atoms with E-state index >= 15 is 0 Å². The molecule has 1 aliphatic rings. The monoisotopic (exact) mass is 311 g/mol. The van der Waals surface area contributed by atoms with Gasteiger partial charge in [-0.25, -0.2) is 4.79 Å². The predicted octanol–water partition coefficient (Wildman–Crippen LogP) is 1.97. The van der Waals surface area contributed by atoms with Crippen LogP contribution < -0.4 is 5.32 Å². The number of amides is 1. The van der Waals surface area contributed by atoms with Crippen LogP contribution in [-0.4, -0.2) is 23.0 Å². The lowest BCUT2D eigenvalue weighted by molar-refractivity contribution is -0.142. The number of hydrogen-bond donors (Lipinski definition) is 2. The summed E-state index contributed by atoms with van der Waals surface area (Å²) in [5.41, 5.74) is 0.876. The predicted molar refractivity (Wildman–Crippen MR) is 70.1 cm³/mol. The maximum absolute atomic E-state index is 11.6. The molecule has 1 unspecified atom stereocenters. The van der Waals surface area contributed by atoms with E-state index in [9.17, 15) is 9.59 Å². The molecule has 18 heavy (non-hydrogen) atoms. The van der Waals surface area contributed by atoms with Crippen molar-refractivity contribution in [3.8, 4) is 0 Å². The number of carbonyl (C=O) groups excluding carboxylic acids is 1. The molecule has 1 saturated carbocycles. The van der Waals surface area contributed by atoms with Crippen molar-refractivity contribution in [3.63, 3.8) is 0 Å². The van der Waals surface area contributed by atoms with E-state index in [1.807, 2.05) is 24.3 Å². The van der Waals surface area contributed by atoms with Crippen LogP contribution in [0.15, 0.2) is 28.7 Å². The highest BCUT2D eigenvalue weighted by Crippen LogP contribution is 2.29. The Hall–Kier alpha value is -1.36. The zero-order valence-corrected chi connectivity index (χ0v) is 11.3. The molecule has 1 atom stereocenters. The average molecular weight is 312 g/mol. The Morgan fingerprint density at radius 3 is 2.61 bits per heavy atom. The van der Waals surface area contributed by atoms with Crippen LogP contribution >= 0.6 is 15.9 Å². The third-order valence-corrected chi connectivity index (χ3v) is 3.72. The number of nitrogens with one attached hydrogen (secondary N) is 1. The summed E-state index contributed by atoms with van der Waals surface area (Å²) >= 11 is 3.38. The van der Waals surface area contributed by atoms with Gasteiger partial charge in [0, 0.05) is 16.8 Å². The van der Waals surface area contributed by atoms with E-state index in [1.54, 1.807) is 0 Å². The van der Waals surface area contributed by atoms with Crippen molar-refractivity contribution in [2.75, 3.05) is 0 Å². The zero-order chi connectivity index (χ0) is 13.1. The number of aliphatic carboxylic acids is 1. The Morgan fingerprint density at radius 2 is 2.06 bits per heavy atom. The van der Waals surface area contributed by atoms with E-state index in [-0.39, 0.29) is 18.2 Å². The highest BCUT2D eigenvalue weighted by Gasteiger charge is 2.32. The maximum atomic E-state index is 11.6. The average Bonchev–Trinajstić information content (AvgIpc) is 3.14. The maximum Gasteiger partial charge on any atom is 0.326 e. The summed E-state index contributed by atoms with van der Waals surface area (Å²) in [5.74, 6) is -1.12. The molecule has 2 N–H and O–H groups in total. The van der Waals surface area contributed by atoms with Crippen LogP contribution in [0.5, 0.6) is 0 Å². The molecule has 0 heterocycles. The van der Waals surface area contributed by atoms with E-state index in [1.165, 1.54) is 0 Å². The molecule has 1 fully saturated rings. The van der Waals surface area contributed by atoms with Crippen molar-refractivity contribution in [1.82, 2.24) is 5.32 Å². The highest BCUT2D eigenvalue weighted by molar-refractivity contribution is 9.10. The van der Waals surface area contributed by atoms with Crippen molar-refractivity contribution >= 4 is 27.8 Å². The zero-order valence-electron chi connectivity index (χ0n) is 9.73. The summed E-state index contributed by atoms with van der Waals surface area (Å²) in [6.07, 6.45) is 2.02. The van der Waals surface area contributed by atoms with E-state index in [0.717, 1.165) is 22.9 Å². The summed E-state index contributed by atoms with van der Waals surface area (Å²) in [7, 11) is 0. The SMILES string of the molecule is O=C(NC(Cc1ccccc1Br)C(=O)O)C1CC1. The molecule has 1 aromatic carbocycles. The van der Waals surface area contributed by atoms with Gasteiger partial charge in [0.1, 0.15) is 6.04 Å². The molecule has 0 aliphatic heterocycles. The van der Waals surface area contributed by atoms with Crippen LogP contribution in [0.1, 0.15) is 18.4 Å². The third kappa shape index (κ3) is 3.32. The second-order valence-corrected chi connectivity index (χ2v) is 5.32. The largest absolute Gasteiger partial charge is 0.480 e. The van der Waals surface area contributed by atoms with Gasteiger partial charge in [0.25, 0.3) is 0 Å². The first-order valence-electron chi connectivity index (χ1n) is 5.84. The van der Waals surface area contributed by atoms with Gasteiger partial charge in [-0.2, -0.15) is 0 Å². The van der Waals surface area contributed by atoms with Crippen molar-refractivity contribution in [3.05, 3.63) is 34.3 Å². The van der Waals surface area contributed by atoms with Gasteiger partial charge in [0.05, 0.1) is 0 Å². The van der Waals surface area contributed by atoms with E-state index < -0.39 is 12.0 Å². The fourth-order valence-corrected chi connectivity index (χ4v) is 2.17. The second kappa shape index (κ2) is 5.52. The number of halogens is 1. The minimum absolute atomic E-state index is 0.0195. The van der Waals surface area contributed by atoms with Gasteiger partial charge in [0.2, 0.25) is 5.91 Å². The molecule has 96 valence electrons. The van der Waals surface area contributed by atoms with Crippen LogP contribution in [0.4, 0.5) is 0 Å². The molecule has 0 radical (unpaired) electrons. The number of carboxylic acids is 1. The number of benzene rings is 1. The lowest BCUT2D eigenvalue weighted by Crippen LogP contribution is -2.43. The van der Waals surface area contributed by atoms with E-state index in [4.69, 9.17) is 5.11 Å². The van der Waals surface area contributed by atoms with Gasteiger partial charge in [-0.3, -0.25) is 4.79 Å². The molecular weight excluding hydrogens is 298 g/mol. The fraction of sp³-hybridized carbons (Fsp3) is 0.385. The molecule has 1 aromatic rings. The van der Waals surface area contributed by atoms with Crippen molar-refractivity contribution < 1.29 is 14.7 Å². The summed E-state index contributed by atoms with van der Waals surface area (Å²) in [5, 5.41) is 11.7. The van der Waals surface area contributed by atoms with Gasteiger partial charge in [-0.05, 0) is 24.5 Å². The Bertz CT molecular complexity index is 471.